The summed E-state index contributed by atoms with van der Waals surface area (Å²) in [6, 6.07) is 13.0. The van der Waals surface area contributed by atoms with Crippen molar-refractivity contribution in [3.8, 4) is 5.75 Å². The molecule has 1 N–H and O–H groups in total. The average molecular weight is 449 g/mol. The molecule has 0 unspecified atom stereocenters. The van der Waals surface area contributed by atoms with Crippen LogP contribution in [0.1, 0.15) is 31.3 Å². The van der Waals surface area contributed by atoms with E-state index < -0.39 is 5.25 Å². The molecule has 0 radical (unpaired) electrons. The van der Waals surface area contributed by atoms with Gasteiger partial charge in [0.1, 0.15) is 18.2 Å². The first-order valence-electron chi connectivity index (χ1n) is 9.33. The van der Waals surface area contributed by atoms with E-state index in [-0.39, 0.29) is 24.4 Å². The summed E-state index contributed by atoms with van der Waals surface area (Å²) in [7, 11) is 1.82. The minimum atomic E-state index is -0.395. The maximum atomic E-state index is 13.1. The molecule has 0 fully saturated rings. The van der Waals surface area contributed by atoms with E-state index in [1.54, 1.807) is 35.8 Å². The fourth-order valence-corrected chi connectivity index (χ4v) is 3.69. The molecule has 2 aromatic carbocycles. The Morgan fingerprint density at radius 3 is 2.60 bits per heavy atom. The van der Waals surface area contributed by atoms with Crippen molar-refractivity contribution < 1.29 is 13.9 Å². The molecule has 158 valence electrons. The number of carbonyl (C=O) groups is 1. The number of rotatable bonds is 8. The van der Waals surface area contributed by atoms with E-state index in [0.29, 0.717) is 21.8 Å². The maximum absolute atomic E-state index is 13.1. The maximum Gasteiger partial charge on any atom is 0.233 e. The second-order valence-electron chi connectivity index (χ2n) is 6.72. The molecule has 1 heterocycles. The molecule has 0 spiro atoms. The first-order valence-corrected chi connectivity index (χ1v) is 10.6. The fourth-order valence-electron chi connectivity index (χ4n) is 2.65. The number of hydrogen-bond acceptors (Lipinski definition) is 5. The van der Waals surface area contributed by atoms with Crippen LogP contribution < -0.4 is 10.1 Å². The van der Waals surface area contributed by atoms with Crippen LogP contribution >= 0.6 is 23.4 Å². The summed E-state index contributed by atoms with van der Waals surface area (Å²) < 4.78 is 20.6. The van der Waals surface area contributed by atoms with Crippen LogP contribution in [-0.4, -0.2) is 25.9 Å². The SMILES string of the molecule is C[C@H](Sc1nnc(COc2ccccc2Cl)n1C)C(=O)N[C@H](C)c1ccc(F)cc1. The van der Waals surface area contributed by atoms with E-state index in [4.69, 9.17) is 16.3 Å². The number of hydrogen-bond donors (Lipinski definition) is 1. The van der Waals surface area contributed by atoms with Gasteiger partial charge in [-0.1, -0.05) is 47.6 Å². The molecular formula is C21H22ClFN4O2S. The number of thioether (sulfide) groups is 1. The van der Waals surface area contributed by atoms with Crippen LogP contribution in [0.4, 0.5) is 4.39 Å². The van der Waals surface area contributed by atoms with Gasteiger partial charge in [-0.15, -0.1) is 10.2 Å². The molecule has 30 heavy (non-hydrogen) atoms. The number of para-hydroxylation sites is 1. The Bertz CT molecular complexity index is 1010. The third-order valence-corrected chi connectivity index (χ3v) is 5.94. The predicted octanol–water partition coefficient (Wildman–Crippen LogP) is 4.54. The number of carbonyl (C=O) groups excluding carboxylic acids is 1. The second kappa shape index (κ2) is 9.95. The zero-order valence-corrected chi connectivity index (χ0v) is 18.4. The summed E-state index contributed by atoms with van der Waals surface area (Å²) in [4.78, 5) is 12.6. The molecule has 6 nitrogen and oxygen atoms in total. The number of amides is 1. The largest absolute Gasteiger partial charge is 0.484 e. The van der Waals surface area contributed by atoms with Gasteiger partial charge in [-0.25, -0.2) is 4.39 Å². The normalized spacial score (nSPS) is 13.0. The van der Waals surface area contributed by atoms with E-state index in [0.717, 1.165) is 5.56 Å². The van der Waals surface area contributed by atoms with Gasteiger partial charge in [-0.05, 0) is 43.7 Å². The van der Waals surface area contributed by atoms with Gasteiger partial charge in [0, 0.05) is 7.05 Å². The molecule has 1 amide bonds. The van der Waals surface area contributed by atoms with Gasteiger partial charge >= 0.3 is 0 Å². The van der Waals surface area contributed by atoms with Crippen molar-refractivity contribution in [1.82, 2.24) is 20.1 Å². The number of nitrogens with zero attached hydrogens (tertiary/aromatic N) is 3. The summed E-state index contributed by atoms with van der Waals surface area (Å²) >= 11 is 7.40. The topological polar surface area (TPSA) is 69.0 Å². The number of nitrogens with one attached hydrogen (secondary N) is 1. The lowest BCUT2D eigenvalue weighted by Gasteiger charge is -2.17. The van der Waals surface area contributed by atoms with Gasteiger partial charge < -0.3 is 14.6 Å². The first-order chi connectivity index (χ1) is 14.3. The predicted molar refractivity (Wildman–Crippen MR) is 115 cm³/mol. The van der Waals surface area contributed by atoms with Crippen LogP contribution in [0.5, 0.6) is 5.75 Å². The Labute approximate surface area is 183 Å². The van der Waals surface area contributed by atoms with Crippen LogP contribution in [0.3, 0.4) is 0 Å². The molecule has 0 saturated heterocycles. The molecule has 1 aromatic heterocycles. The van der Waals surface area contributed by atoms with Gasteiger partial charge in [0.25, 0.3) is 0 Å². The number of halogens is 2. The lowest BCUT2D eigenvalue weighted by Crippen LogP contribution is -2.33. The highest BCUT2D eigenvalue weighted by Gasteiger charge is 2.21. The minimum absolute atomic E-state index is 0.145. The van der Waals surface area contributed by atoms with Crippen LogP contribution in [-0.2, 0) is 18.4 Å². The summed E-state index contributed by atoms with van der Waals surface area (Å²) in [5.41, 5.74) is 0.833. The van der Waals surface area contributed by atoms with Crippen LogP contribution in [0.15, 0.2) is 53.7 Å². The Hall–Kier alpha value is -2.58. The van der Waals surface area contributed by atoms with Crippen molar-refractivity contribution in [3.05, 3.63) is 70.8 Å². The van der Waals surface area contributed by atoms with E-state index in [1.165, 1.54) is 23.9 Å². The molecule has 3 rings (SSSR count). The fraction of sp³-hybridized carbons (Fsp3) is 0.286. The quantitative estimate of drug-likeness (QED) is 0.512. The van der Waals surface area contributed by atoms with Gasteiger partial charge in [-0.2, -0.15) is 0 Å². The third kappa shape index (κ3) is 5.52. The highest BCUT2D eigenvalue weighted by Crippen LogP contribution is 2.26. The van der Waals surface area contributed by atoms with Crippen molar-refractivity contribution in [2.75, 3.05) is 0 Å². The first kappa shape index (κ1) is 22.1. The Morgan fingerprint density at radius 1 is 1.20 bits per heavy atom. The number of benzene rings is 2. The summed E-state index contributed by atoms with van der Waals surface area (Å²) in [5, 5.41) is 12.0. The van der Waals surface area contributed by atoms with Crippen molar-refractivity contribution in [3.63, 3.8) is 0 Å². The standard InChI is InChI=1S/C21H22ClFN4O2S/c1-13(15-8-10-16(23)11-9-15)24-20(28)14(2)30-21-26-25-19(27(21)3)12-29-18-7-5-4-6-17(18)22/h4-11,13-14H,12H2,1-3H3,(H,24,28)/t13-,14+/m1/s1. The molecule has 0 saturated carbocycles. The van der Waals surface area contributed by atoms with Crippen LogP contribution in [0, 0.1) is 5.82 Å². The van der Waals surface area contributed by atoms with Gasteiger partial charge in [-0.3, -0.25) is 4.79 Å². The van der Waals surface area contributed by atoms with Crippen molar-refractivity contribution in [2.45, 2.75) is 36.9 Å². The Kier molecular flexibility index (Phi) is 7.33. The molecule has 3 aromatic rings. The smallest absolute Gasteiger partial charge is 0.233 e. The lowest BCUT2D eigenvalue weighted by atomic mass is 10.1. The van der Waals surface area contributed by atoms with E-state index >= 15 is 0 Å². The zero-order valence-electron chi connectivity index (χ0n) is 16.8. The molecule has 0 bridgehead atoms. The minimum Gasteiger partial charge on any atom is -0.484 e. The highest BCUT2D eigenvalue weighted by atomic mass is 35.5. The molecular weight excluding hydrogens is 427 g/mol. The van der Waals surface area contributed by atoms with Crippen molar-refractivity contribution >= 4 is 29.3 Å². The third-order valence-electron chi connectivity index (χ3n) is 4.50. The lowest BCUT2D eigenvalue weighted by molar-refractivity contribution is -0.120. The number of ether oxygens (including phenoxy) is 1. The average Bonchev–Trinajstić information content (AvgIpc) is 3.07. The van der Waals surface area contributed by atoms with Crippen molar-refractivity contribution in [1.29, 1.82) is 0 Å². The molecule has 9 heteroatoms. The summed E-state index contributed by atoms with van der Waals surface area (Å²) in [6.45, 7) is 3.86. The molecule has 0 aliphatic rings. The van der Waals surface area contributed by atoms with Gasteiger partial charge in [0.2, 0.25) is 5.91 Å². The molecule has 0 aliphatic heterocycles. The Morgan fingerprint density at radius 2 is 1.90 bits per heavy atom. The van der Waals surface area contributed by atoms with E-state index in [9.17, 15) is 9.18 Å². The van der Waals surface area contributed by atoms with Gasteiger partial charge in [0.15, 0.2) is 11.0 Å². The van der Waals surface area contributed by atoms with E-state index in [2.05, 4.69) is 15.5 Å². The Balaban J connectivity index is 1.57. The summed E-state index contributed by atoms with van der Waals surface area (Å²) in [6.07, 6.45) is 0. The van der Waals surface area contributed by atoms with Crippen molar-refractivity contribution in [2.24, 2.45) is 7.05 Å². The highest BCUT2D eigenvalue weighted by molar-refractivity contribution is 8.00. The second-order valence-corrected chi connectivity index (χ2v) is 8.43. The summed E-state index contributed by atoms with van der Waals surface area (Å²) in [5.74, 6) is 0.732. The van der Waals surface area contributed by atoms with Crippen LogP contribution in [0.25, 0.3) is 0 Å². The van der Waals surface area contributed by atoms with Crippen LogP contribution in [0.2, 0.25) is 5.02 Å². The monoisotopic (exact) mass is 448 g/mol. The zero-order chi connectivity index (χ0) is 21.7. The molecule has 2 atom stereocenters. The van der Waals surface area contributed by atoms with Gasteiger partial charge in [0.05, 0.1) is 16.3 Å². The van der Waals surface area contributed by atoms with E-state index in [1.807, 2.05) is 26.1 Å². The molecule has 0 aliphatic carbocycles. The number of aromatic nitrogens is 3.